The lowest BCUT2D eigenvalue weighted by atomic mass is 10.1. The lowest BCUT2D eigenvalue weighted by Gasteiger charge is -2.26. The fourth-order valence-corrected chi connectivity index (χ4v) is 4.13. The summed E-state index contributed by atoms with van der Waals surface area (Å²) in [6.45, 7) is 7.93. The van der Waals surface area contributed by atoms with E-state index in [1.165, 1.54) is 0 Å². The molecule has 0 spiro atoms. The van der Waals surface area contributed by atoms with Crippen molar-refractivity contribution in [2.24, 2.45) is 4.99 Å². The van der Waals surface area contributed by atoms with E-state index in [9.17, 15) is 13.2 Å². The van der Waals surface area contributed by atoms with Crippen LogP contribution >= 0.6 is 24.0 Å². The van der Waals surface area contributed by atoms with E-state index in [1.807, 2.05) is 49.9 Å². The van der Waals surface area contributed by atoms with Crippen LogP contribution in [0.2, 0.25) is 0 Å². The van der Waals surface area contributed by atoms with Gasteiger partial charge in [-0.1, -0.05) is 12.1 Å². The van der Waals surface area contributed by atoms with Gasteiger partial charge in [-0.3, -0.25) is 4.79 Å². The number of guanidine groups is 1. The molecule has 164 valence electrons. The Kier molecular flexibility index (Phi) is 9.83. The highest BCUT2D eigenvalue weighted by atomic mass is 127. The number of nitrogens with zero attached hydrogens (tertiary/aromatic N) is 2. The molecule has 0 bridgehead atoms. The van der Waals surface area contributed by atoms with Crippen molar-refractivity contribution in [2.75, 3.05) is 30.8 Å². The fraction of sp³-hybridized carbons (Fsp3) is 0.579. The van der Waals surface area contributed by atoms with E-state index in [0.29, 0.717) is 32.0 Å². The van der Waals surface area contributed by atoms with E-state index in [2.05, 4.69) is 20.3 Å². The molecular weight excluding hydrogens is 505 g/mol. The smallest absolute Gasteiger partial charge is 0.227 e. The Morgan fingerprint density at radius 1 is 1.21 bits per heavy atom. The van der Waals surface area contributed by atoms with Crippen molar-refractivity contribution in [2.45, 2.75) is 45.7 Å². The van der Waals surface area contributed by atoms with Crippen molar-refractivity contribution in [1.82, 2.24) is 15.4 Å². The first-order valence-corrected chi connectivity index (χ1v) is 11.4. The number of hydrogen-bond donors (Lipinski definition) is 3. The molecule has 0 aromatic heterocycles. The first-order valence-electron chi connectivity index (χ1n) is 9.50. The van der Waals surface area contributed by atoms with Crippen molar-refractivity contribution in [3.63, 3.8) is 0 Å². The zero-order chi connectivity index (χ0) is 20.8. The summed E-state index contributed by atoms with van der Waals surface area (Å²) < 4.78 is 25.5. The molecule has 3 N–H and O–H groups in total. The zero-order valence-electron chi connectivity index (χ0n) is 17.5. The van der Waals surface area contributed by atoms with Gasteiger partial charge in [-0.05, 0) is 44.9 Å². The predicted octanol–water partition coefficient (Wildman–Crippen LogP) is 1.81. The summed E-state index contributed by atoms with van der Waals surface area (Å²) in [7, 11) is -3.29. The number of hydrogen-bond acceptors (Lipinski definition) is 4. The number of benzene rings is 1. The first-order chi connectivity index (χ1) is 13.1. The maximum atomic E-state index is 11.8. The normalized spacial score (nSPS) is 15.2. The number of nitrogens with one attached hydrogen (secondary N) is 3. The number of halogens is 1. The molecule has 2 rings (SSSR count). The van der Waals surface area contributed by atoms with Crippen LogP contribution in [0.25, 0.3) is 0 Å². The van der Waals surface area contributed by atoms with Gasteiger partial charge in [0.1, 0.15) is 0 Å². The van der Waals surface area contributed by atoms with E-state index in [0.717, 1.165) is 30.5 Å². The van der Waals surface area contributed by atoms with Crippen LogP contribution in [0.3, 0.4) is 0 Å². The molecule has 0 unspecified atom stereocenters. The van der Waals surface area contributed by atoms with Gasteiger partial charge in [0, 0.05) is 37.3 Å². The Labute approximate surface area is 191 Å². The van der Waals surface area contributed by atoms with Gasteiger partial charge in [0.05, 0.1) is 12.8 Å². The van der Waals surface area contributed by atoms with E-state index < -0.39 is 15.6 Å². The van der Waals surface area contributed by atoms with Gasteiger partial charge in [0.15, 0.2) is 5.96 Å². The molecule has 0 aliphatic carbocycles. The zero-order valence-corrected chi connectivity index (χ0v) is 20.6. The molecule has 0 saturated carbocycles. The second kappa shape index (κ2) is 11.1. The summed E-state index contributed by atoms with van der Waals surface area (Å²) in [6.07, 6.45) is 2.68. The maximum Gasteiger partial charge on any atom is 0.227 e. The Balaban J connectivity index is 0.00000420. The molecular formula is C19H32IN5O3S. The second-order valence-corrected chi connectivity index (χ2v) is 9.37. The number of rotatable bonds is 8. The molecule has 10 heteroatoms. The molecule has 0 atom stereocenters. The molecule has 1 aromatic carbocycles. The first kappa shape index (κ1) is 25.6. The third kappa shape index (κ3) is 8.87. The van der Waals surface area contributed by atoms with E-state index in [-0.39, 0.29) is 29.9 Å². The third-order valence-electron chi connectivity index (χ3n) is 4.24. The molecule has 1 aliphatic rings. The average Bonchev–Trinajstić information content (AvgIpc) is 3.02. The topological polar surface area (TPSA) is 103 Å². The fourth-order valence-electron chi connectivity index (χ4n) is 3.06. The summed E-state index contributed by atoms with van der Waals surface area (Å²) in [4.78, 5) is 18.2. The molecule has 1 amide bonds. The Hall–Kier alpha value is -1.40. The molecule has 1 fully saturated rings. The summed E-state index contributed by atoms with van der Waals surface area (Å²) in [5.74, 6) is 0.791. The number of sulfonamides is 1. The average molecular weight is 537 g/mol. The van der Waals surface area contributed by atoms with Crippen LogP contribution < -0.4 is 20.3 Å². The van der Waals surface area contributed by atoms with Gasteiger partial charge in [-0.2, -0.15) is 0 Å². The molecule has 1 aliphatic heterocycles. The monoisotopic (exact) mass is 537 g/mol. The Morgan fingerprint density at radius 2 is 1.86 bits per heavy atom. The van der Waals surface area contributed by atoms with Crippen molar-refractivity contribution in [3.8, 4) is 0 Å². The minimum absolute atomic E-state index is 0. The molecule has 8 nitrogen and oxygen atoms in total. The van der Waals surface area contributed by atoms with Crippen LogP contribution in [0.4, 0.5) is 5.69 Å². The molecule has 1 heterocycles. The number of anilines is 1. The van der Waals surface area contributed by atoms with Gasteiger partial charge in [-0.25, -0.2) is 18.1 Å². The van der Waals surface area contributed by atoms with E-state index in [4.69, 9.17) is 0 Å². The molecule has 1 aromatic rings. The van der Waals surface area contributed by atoms with Crippen LogP contribution in [0.1, 0.15) is 39.2 Å². The van der Waals surface area contributed by atoms with Gasteiger partial charge < -0.3 is 15.5 Å². The SMILES string of the molecule is CCNC(=NCc1ccc(N2CCCC2=O)cc1)NCC(C)(C)NS(C)(=O)=O.I. The summed E-state index contributed by atoms with van der Waals surface area (Å²) in [5, 5.41) is 6.33. The van der Waals surface area contributed by atoms with Gasteiger partial charge in [-0.15, -0.1) is 24.0 Å². The minimum Gasteiger partial charge on any atom is -0.357 e. The summed E-state index contributed by atoms with van der Waals surface area (Å²) >= 11 is 0. The van der Waals surface area contributed by atoms with Crippen molar-refractivity contribution >= 4 is 51.6 Å². The van der Waals surface area contributed by atoms with Crippen LogP contribution in [-0.2, 0) is 21.4 Å². The number of carbonyl (C=O) groups excluding carboxylic acids is 1. The maximum absolute atomic E-state index is 11.8. The van der Waals surface area contributed by atoms with E-state index >= 15 is 0 Å². The standard InChI is InChI=1S/C19H31N5O3S.HI/c1-5-20-18(22-14-19(2,3)23-28(4,26)27)21-13-15-8-10-16(11-9-15)24-12-6-7-17(24)25;/h8-11,23H,5-7,12-14H2,1-4H3,(H2,20,21,22);1H. The molecule has 0 radical (unpaired) electrons. The number of aliphatic imine (C=N–C) groups is 1. The lowest BCUT2D eigenvalue weighted by molar-refractivity contribution is -0.117. The van der Waals surface area contributed by atoms with Gasteiger partial charge >= 0.3 is 0 Å². The second-order valence-electron chi connectivity index (χ2n) is 7.62. The largest absolute Gasteiger partial charge is 0.357 e. The third-order valence-corrected chi connectivity index (χ3v) is 5.17. The lowest BCUT2D eigenvalue weighted by Crippen LogP contribution is -2.53. The van der Waals surface area contributed by atoms with Crippen molar-refractivity contribution in [1.29, 1.82) is 0 Å². The summed E-state index contributed by atoms with van der Waals surface area (Å²) in [6, 6.07) is 7.85. The van der Waals surface area contributed by atoms with Gasteiger partial charge in [0.25, 0.3) is 0 Å². The highest BCUT2D eigenvalue weighted by molar-refractivity contribution is 14.0. The number of carbonyl (C=O) groups is 1. The Morgan fingerprint density at radius 3 is 2.38 bits per heavy atom. The predicted molar refractivity (Wildman–Crippen MR) is 128 cm³/mol. The highest BCUT2D eigenvalue weighted by Gasteiger charge is 2.23. The van der Waals surface area contributed by atoms with Crippen LogP contribution in [0.15, 0.2) is 29.3 Å². The quantitative estimate of drug-likeness (QED) is 0.267. The summed E-state index contributed by atoms with van der Waals surface area (Å²) in [5.41, 5.74) is 1.31. The minimum atomic E-state index is -3.29. The van der Waals surface area contributed by atoms with Crippen LogP contribution in [0, 0.1) is 0 Å². The van der Waals surface area contributed by atoms with Crippen molar-refractivity contribution < 1.29 is 13.2 Å². The van der Waals surface area contributed by atoms with Crippen LogP contribution in [0.5, 0.6) is 0 Å². The Bertz CT molecular complexity index is 810. The number of amides is 1. The van der Waals surface area contributed by atoms with Crippen molar-refractivity contribution in [3.05, 3.63) is 29.8 Å². The molecule has 29 heavy (non-hydrogen) atoms. The van der Waals surface area contributed by atoms with Crippen LogP contribution in [-0.4, -0.2) is 51.7 Å². The van der Waals surface area contributed by atoms with Gasteiger partial charge in [0.2, 0.25) is 15.9 Å². The highest BCUT2D eigenvalue weighted by Crippen LogP contribution is 2.21. The van der Waals surface area contributed by atoms with E-state index in [1.54, 1.807) is 0 Å². The molecule has 1 saturated heterocycles.